The first-order valence-electron chi connectivity index (χ1n) is 9.76. The molecule has 0 spiro atoms. The summed E-state index contributed by atoms with van der Waals surface area (Å²) in [6, 6.07) is 4.43. The zero-order valence-corrected chi connectivity index (χ0v) is 15.8. The SMILES string of the molecule is Cc1ccc2oc(N3CCC(C(=O)NCCN4CCOCC4)CC3)nc2n1. The Hall–Kier alpha value is -2.19. The molecule has 0 saturated carbocycles. The maximum absolute atomic E-state index is 12.4. The molecule has 2 saturated heterocycles. The van der Waals surface area contributed by atoms with Gasteiger partial charge in [-0.25, -0.2) is 4.98 Å². The first-order valence-corrected chi connectivity index (χ1v) is 9.76. The number of ether oxygens (including phenoxy) is 1. The summed E-state index contributed by atoms with van der Waals surface area (Å²) in [5, 5.41) is 3.09. The molecule has 0 bridgehead atoms. The van der Waals surface area contributed by atoms with Gasteiger partial charge in [-0.3, -0.25) is 9.69 Å². The second-order valence-electron chi connectivity index (χ2n) is 7.28. The average molecular weight is 373 g/mol. The molecule has 2 aliphatic rings. The highest BCUT2D eigenvalue weighted by Crippen LogP contribution is 2.26. The minimum Gasteiger partial charge on any atom is -0.422 e. The predicted molar refractivity (Wildman–Crippen MR) is 102 cm³/mol. The number of rotatable bonds is 5. The van der Waals surface area contributed by atoms with Gasteiger partial charge in [-0.15, -0.1) is 0 Å². The summed E-state index contributed by atoms with van der Waals surface area (Å²) in [4.78, 5) is 25.8. The fourth-order valence-corrected chi connectivity index (χ4v) is 3.68. The minimum atomic E-state index is 0.0655. The van der Waals surface area contributed by atoms with Crippen molar-refractivity contribution in [3.8, 4) is 0 Å². The van der Waals surface area contributed by atoms with E-state index in [-0.39, 0.29) is 11.8 Å². The van der Waals surface area contributed by atoms with E-state index < -0.39 is 0 Å². The molecule has 2 aromatic rings. The number of carbonyl (C=O) groups excluding carboxylic acids is 1. The smallest absolute Gasteiger partial charge is 0.299 e. The van der Waals surface area contributed by atoms with Gasteiger partial charge in [0.05, 0.1) is 13.2 Å². The van der Waals surface area contributed by atoms with E-state index in [4.69, 9.17) is 9.15 Å². The number of fused-ring (bicyclic) bond motifs is 1. The molecule has 27 heavy (non-hydrogen) atoms. The second kappa shape index (κ2) is 8.22. The van der Waals surface area contributed by atoms with Crippen molar-refractivity contribution < 1.29 is 13.9 Å². The van der Waals surface area contributed by atoms with Crippen LogP contribution in [0.2, 0.25) is 0 Å². The molecule has 1 N–H and O–H groups in total. The highest BCUT2D eigenvalue weighted by molar-refractivity contribution is 5.79. The van der Waals surface area contributed by atoms with Crippen molar-refractivity contribution in [2.75, 3.05) is 57.4 Å². The number of anilines is 1. The largest absolute Gasteiger partial charge is 0.422 e. The highest BCUT2D eigenvalue weighted by atomic mass is 16.5. The zero-order valence-electron chi connectivity index (χ0n) is 15.8. The van der Waals surface area contributed by atoms with Crippen LogP contribution in [0.15, 0.2) is 16.5 Å². The lowest BCUT2D eigenvalue weighted by Crippen LogP contribution is -2.44. The van der Waals surface area contributed by atoms with Gasteiger partial charge < -0.3 is 19.4 Å². The van der Waals surface area contributed by atoms with Gasteiger partial charge in [-0.2, -0.15) is 4.98 Å². The Bertz CT molecular complexity index is 779. The van der Waals surface area contributed by atoms with Gasteiger partial charge in [0.1, 0.15) is 0 Å². The van der Waals surface area contributed by atoms with Crippen molar-refractivity contribution in [2.24, 2.45) is 5.92 Å². The third-order valence-electron chi connectivity index (χ3n) is 5.35. The number of carbonyl (C=O) groups is 1. The molecule has 0 radical (unpaired) electrons. The van der Waals surface area contributed by atoms with Crippen LogP contribution in [0.1, 0.15) is 18.5 Å². The summed E-state index contributed by atoms with van der Waals surface area (Å²) in [6.07, 6.45) is 1.63. The van der Waals surface area contributed by atoms with E-state index in [1.165, 1.54) is 0 Å². The Labute approximate surface area is 158 Å². The summed E-state index contributed by atoms with van der Waals surface area (Å²) in [7, 11) is 0. The molecule has 2 aromatic heterocycles. The van der Waals surface area contributed by atoms with E-state index >= 15 is 0 Å². The molecule has 146 valence electrons. The lowest BCUT2D eigenvalue weighted by atomic mass is 9.96. The van der Waals surface area contributed by atoms with E-state index in [1.807, 2.05) is 19.1 Å². The van der Waals surface area contributed by atoms with Crippen LogP contribution in [-0.2, 0) is 9.53 Å². The minimum absolute atomic E-state index is 0.0655. The van der Waals surface area contributed by atoms with E-state index in [2.05, 4.69) is 25.1 Å². The van der Waals surface area contributed by atoms with Crippen LogP contribution in [0.3, 0.4) is 0 Å². The van der Waals surface area contributed by atoms with Crippen LogP contribution in [0.5, 0.6) is 0 Å². The van der Waals surface area contributed by atoms with Gasteiger partial charge in [0, 0.05) is 50.9 Å². The normalized spacial score (nSPS) is 19.5. The van der Waals surface area contributed by atoms with E-state index in [0.717, 1.165) is 64.5 Å². The topological polar surface area (TPSA) is 83.7 Å². The quantitative estimate of drug-likeness (QED) is 0.843. The summed E-state index contributed by atoms with van der Waals surface area (Å²) in [5.74, 6) is 0.230. The van der Waals surface area contributed by atoms with Gasteiger partial charge >= 0.3 is 0 Å². The van der Waals surface area contributed by atoms with Crippen molar-refractivity contribution >= 4 is 23.2 Å². The van der Waals surface area contributed by atoms with E-state index in [0.29, 0.717) is 23.8 Å². The lowest BCUT2D eigenvalue weighted by molar-refractivity contribution is -0.125. The molecule has 8 heteroatoms. The Morgan fingerprint density at radius 2 is 1.96 bits per heavy atom. The summed E-state index contributed by atoms with van der Waals surface area (Å²) >= 11 is 0. The molecule has 1 amide bonds. The van der Waals surface area contributed by atoms with Crippen LogP contribution in [0, 0.1) is 12.8 Å². The third-order valence-corrected chi connectivity index (χ3v) is 5.35. The van der Waals surface area contributed by atoms with Gasteiger partial charge in [0.25, 0.3) is 6.01 Å². The number of aryl methyl sites for hydroxylation is 1. The third kappa shape index (κ3) is 4.39. The van der Waals surface area contributed by atoms with Crippen molar-refractivity contribution in [2.45, 2.75) is 19.8 Å². The Morgan fingerprint density at radius 1 is 1.19 bits per heavy atom. The number of piperidine rings is 1. The molecule has 0 atom stereocenters. The van der Waals surface area contributed by atoms with Gasteiger partial charge in [-0.1, -0.05) is 0 Å². The first kappa shape index (κ1) is 18.2. The Morgan fingerprint density at radius 3 is 2.74 bits per heavy atom. The van der Waals surface area contributed by atoms with E-state index in [9.17, 15) is 4.79 Å². The fourth-order valence-electron chi connectivity index (χ4n) is 3.68. The number of aromatic nitrogens is 2. The van der Waals surface area contributed by atoms with Gasteiger partial charge in [0.15, 0.2) is 5.58 Å². The zero-order chi connectivity index (χ0) is 18.6. The number of hydrogen-bond donors (Lipinski definition) is 1. The average Bonchev–Trinajstić information content (AvgIpc) is 3.12. The Kier molecular flexibility index (Phi) is 5.54. The van der Waals surface area contributed by atoms with Crippen LogP contribution in [0.4, 0.5) is 6.01 Å². The standard InChI is InChI=1S/C19H27N5O3/c1-14-2-3-16-17(21-14)22-19(27-16)24-7-4-15(5-8-24)18(25)20-6-9-23-10-12-26-13-11-23/h2-3,15H,4-13H2,1H3,(H,20,25). The Balaban J connectivity index is 1.24. The van der Waals surface area contributed by atoms with Crippen LogP contribution < -0.4 is 10.2 Å². The molecule has 0 aromatic carbocycles. The molecular weight excluding hydrogens is 346 g/mol. The number of pyridine rings is 1. The molecular formula is C19H27N5O3. The lowest BCUT2D eigenvalue weighted by Gasteiger charge is -2.30. The molecule has 0 aliphatic carbocycles. The molecule has 8 nitrogen and oxygen atoms in total. The number of morpholine rings is 1. The number of amides is 1. The van der Waals surface area contributed by atoms with Gasteiger partial charge in [-0.05, 0) is 31.9 Å². The molecule has 4 rings (SSSR count). The fraction of sp³-hybridized carbons (Fsp3) is 0.632. The monoisotopic (exact) mass is 373 g/mol. The number of oxazole rings is 1. The number of nitrogens with zero attached hydrogens (tertiary/aromatic N) is 4. The number of hydrogen-bond acceptors (Lipinski definition) is 7. The summed E-state index contributed by atoms with van der Waals surface area (Å²) in [5.41, 5.74) is 2.28. The number of nitrogens with one attached hydrogen (secondary N) is 1. The van der Waals surface area contributed by atoms with Crippen molar-refractivity contribution in [1.29, 1.82) is 0 Å². The molecule has 2 fully saturated rings. The van der Waals surface area contributed by atoms with Gasteiger partial charge in [0.2, 0.25) is 11.6 Å². The van der Waals surface area contributed by atoms with Crippen LogP contribution in [-0.4, -0.2) is 73.3 Å². The summed E-state index contributed by atoms with van der Waals surface area (Å²) in [6.45, 7) is 8.56. The van der Waals surface area contributed by atoms with Crippen LogP contribution in [0.25, 0.3) is 11.2 Å². The van der Waals surface area contributed by atoms with E-state index in [1.54, 1.807) is 0 Å². The maximum Gasteiger partial charge on any atom is 0.299 e. The molecule has 2 aliphatic heterocycles. The maximum atomic E-state index is 12.4. The summed E-state index contributed by atoms with van der Waals surface area (Å²) < 4.78 is 11.2. The molecule has 0 unspecified atom stereocenters. The predicted octanol–water partition coefficient (Wildman–Crippen LogP) is 1.20. The van der Waals surface area contributed by atoms with Crippen molar-refractivity contribution in [3.63, 3.8) is 0 Å². The van der Waals surface area contributed by atoms with Crippen LogP contribution >= 0.6 is 0 Å². The molecule has 4 heterocycles. The van der Waals surface area contributed by atoms with Crippen molar-refractivity contribution in [1.82, 2.24) is 20.2 Å². The first-order chi connectivity index (χ1) is 13.2. The van der Waals surface area contributed by atoms with Crippen molar-refractivity contribution in [3.05, 3.63) is 17.8 Å². The highest BCUT2D eigenvalue weighted by Gasteiger charge is 2.27. The second-order valence-corrected chi connectivity index (χ2v) is 7.28.